The SMILES string of the molecule is CS(=O)(=O)N(CCc1ccc(Cl)cc1)CC(=O)Nc1cccc(C#N)c1. The number of carbonyl (C=O) groups excluding carboxylic acids is 1. The van der Waals surface area contributed by atoms with Gasteiger partial charge in [0.2, 0.25) is 15.9 Å². The van der Waals surface area contributed by atoms with Crippen LogP contribution >= 0.6 is 11.6 Å². The standard InChI is InChI=1S/C18H18ClN3O3S/c1-26(24,25)22(10-9-14-5-7-16(19)8-6-14)13-18(23)21-17-4-2-3-15(11-17)12-20/h2-8,11H,9-10,13H2,1H3,(H,21,23). The number of benzene rings is 2. The second-order valence-corrected chi connectivity index (χ2v) is 8.13. The summed E-state index contributed by atoms with van der Waals surface area (Å²) < 4.78 is 25.1. The molecule has 8 heteroatoms. The molecule has 0 aromatic heterocycles. The van der Waals surface area contributed by atoms with Crippen LogP contribution in [0, 0.1) is 11.3 Å². The first-order valence-corrected chi connectivity index (χ1v) is 10.00. The molecule has 0 radical (unpaired) electrons. The van der Waals surface area contributed by atoms with Crippen LogP contribution in [0.15, 0.2) is 48.5 Å². The molecule has 6 nitrogen and oxygen atoms in total. The van der Waals surface area contributed by atoms with E-state index in [9.17, 15) is 13.2 Å². The third-order valence-corrected chi connectivity index (χ3v) is 5.13. The maximum absolute atomic E-state index is 12.2. The normalized spacial score (nSPS) is 11.2. The Bertz CT molecular complexity index is 921. The van der Waals surface area contributed by atoms with E-state index in [-0.39, 0.29) is 13.1 Å². The van der Waals surface area contributed by atoms with Crippen molar-refractivity contribution in [2.45, 2.75) is 6.42 Å². The molecule has 0 fully saturated rings. The van der Waals surface area contributed by atoms with E-state index < -0.39 is 15.9 Å². The highest BCUT2D eigenvalue weighted by Crippen LogP contribution is 2.12. The van der Waals surface area contributed by atoms with Crippen LogP contribution in [0.1, 0.15) is 11.1 Å². The number of sulfonamides is 1. The summed E-state index contributed by atoms with van der Waals surface area (Å²) in [4.78, 5) is 12.2. The van der Waals surface area contributed by atoms with Gasteiger partial charge in [0.1, 0.15) is 0 Å². The van der Waals surface area contributed by atoms with Gasteiger partial charge in [0.15, 0.2) is 0 Å². The first kappa shape index (κ1) is 19.9. The lowest BCUT2D eigenvalue weighted by molar-refractivity contribution is -0.116. The molecule has 0 unspecified atom stereocenters. The zero-order chi connectivity index (χ0) is 19.2. The van der Waals surface area contributed by atoms with Crippen molar-refractivity contribution in [3.05, 3.63) is 64.7 Å². The van der Waals surface area contributed by atoms with Gasteiger partial charge in [-0.15, -0.1) is 0 Å². The average Bonchev–Trinajstić information content (AvgIpc) is 2.59. The predicted molar refractivity (Wildman–Crippen MR) is 101 cm³/mol. The Labute approximate surface area is 158 Å². The number of nitrogens with one attached hydrogen (secondary N) is 1. The van der Waals surface area contributed by atoms with Crippen LogP contribution in [0.25, 0.3) is 0 Å². The number of amides is 1. The molecule has 0 atom stereocenters. The Morgan fingerprint density at radius 3 is 2.54 bits per heavy atom. The molecule has 0 bridgehead atoms. The quantitative estimate of drug-likeness (QED) is 0.785. The summed E-state index contributed by atoms with van der Waals surface area (Å²) >= 11 is 5.84. The molecule has 2 rings (SSSR count). The van der Waals surface area contributed by atoms with E-state index >= 15 is 0 Å². The first-order chi connectivity index (χ1) is 12.3. The van der Waals surface area contributed by atoms with Crippen LogP contribution in [0.4, 0.5) is 5.69 Å². The molecule has 0 saturated heterocycles. The maximum Gasteiger partial charge on any atom is 0.239 e. The third kappa shape index (κ3) is 6.15. The molecule has 26 heavy (non-hydrogen) atoms. The number of halogens is 1. The van der Waals surface area contributed by atoms with E-state index in [4.69, 9.17) is 16.9 Å². The summed E-state index contributed by atoms with van der Waals surface area (Å²) in [6.45, 7) is -0.130. The van der Waals surface area contributed by atoms with Gasteiger partial charge in [0.25, 0.3) is 0 Å². The van der Waals surface area contributed by atoms with Crippen molar-refractivity contribution in [1.29, 1.82) is 5.26 Å². The highest BCUT2D eigenvalue weighted by Gasteiger charge is 2.20. The summed E-state index contributed by atoms with van der Waals surface area (Å²) in [5, 5.41) is 12.1. The van der Waals surface area contributed by atoms with Crippen molar-refractivity contribution in [1.82, 2.24) is 4.31 Å². The van der Waals surface area contributed by atoms with Crippen molar-refractivity contribution < 1.29 is 13.2 Å². The highest BCUT2D eigenvalue weighted by atomic mass is 35.5. The minimum Gasteiger partial charge on any atom is -0.325 e. The number of nitriles is 1. The van der Waals surface area contributed by atoms with Crippen LogP contribution in [-0.4, -0.2) is 38.0 Å². The molecule has 2 aromatic carbocycles. The third-order valence-electron chi connectivity index (χ3n) is 3.63. The van der Waals surface area contributed by atoms with E-state index in [1.54, 1.807) is 30.3 Å². The Morgan fingerprint density at radius 2 is 1.92 bits per heavy atom. The molecule has 0 saturated carbocycles. The molecule has 136 valence electrons. The predicted octanol–water partition coefficient (Wildman–Crippen LogP) is 2.65. The molecule has 1 N–H and O–H groups in total. The fraction of sp³-hybridized carbons (Fsp3) is 0.222. The van der Waals surface area contributed by atoms with Gasteiger partial charge in [0, 0.05) is 17.3 Å². The number of hydrogen-bond acceptors (Lipinski definition) is 4. The first-order valence-electron chi connectivity index (χ1n) is 7.77. The second-order valence-electron chi connectivity index (χ2n) is 5.71. The topological polar surface area (TPSA) is 90.3 Å². The van der Waals surface area contributed by atoms with Crippen molar-refractivity contribution in [2.75, 3.05) is 24.7 Å². The molecule has 1 amide bonds. The number of nitrogens with zero attached hydrogens (tertiary/aromatic N) is 2. The van der Waals surface area contributed by atoms with Crippen LogP contribution in [-0.2, 0) is 21.2 Å². The lowest BCUT2D eigenvalue weighted by Crippen LogP contribution is -2.38. The van der Waals surface area contributed by atoms with Gasteiger partial charge in [-0.1, -0.05) is 29.8 Å². The Kier molecular flexibility index (Phi) is 6.75. The van der Waals surface area contributed by atoms with Gasteiger partial charge in [-0.05, 0) is 42.3 Å². The molecule has 0 spiro atoms. The summed E-state index contributed by atoms with van der Waals surface area (Å²) in [5.74, 6) is -0.471. The van der Waals surface area contributed by atoms with Crippen molar-refractivity contribution in [3.8, 4) is 6.07 Å². The molecule has 0 aliphatic rings. The second kappa shape index (κ2) is 8.81. The average molecular weight is 392 g/mol. The van der Waals surface area contributed by atoms with Gasteiger partial charge in [-0.3, -0.25) is 4.79 Å². The van der Waals surface area contributed by atoms with E-state index in [1.807, 2.05) is 18.2 Å². The summed E-state index contributed by atoms with van der Waals surface area (Å²) in [6, 6.07) is 15.5. The number of hydrogen-bond donors (Lipinski definition) is 1. The summed E-state index contributed by atoms with van der Waals surface area (Å²) in [7, 11) is -3.55. The minimum absolute atomic E-state index is 0.173. The summed E-state index contributed by atoms with van der Waals surface area (Å²) in [5.41, 5.74) is 1.77. The van der Waals surface area contributed by atoms with Gasteiger partial charge >= 0.3 is 0 Å². The van der Waals surface area contributed by atoms with E-state index in [1.165, 1.54) is 6.07 Å². The minimum atomic E-state index is -3.55. The van der Waals surface area contributed by atoms with Crippen molar-refractivity contribution in [2.24, 2.45) is 0 Å². The number of carbonyl (C=O) groups is 1. The van der Waals surface area contributed by atoms with Gasteiger partial charge < -0.3 is 5.32 Å². The monoisotopic (exact) mass is 391 g/mol. The molecular formula is C18H18ClN3O3S. The van der Waals surface area contributed by atoms with E-state index in [0.29, 0.717) is 22.7 Å². The van der Waals surface area contributed by atoms with Crippen LogP contribution in [0.3, 0.4) is 0 Å². The zero-order valence-electron chi connectivity index (χ0n) is 14.1. The Hall–Kier alpha value is -2.40. The zero-order valence-corrected chi connectivity index (χ0v) is 15.7. The van der Waals surface area contributed by atoms with E-state index in [0.717, 1.165) is 16.1 Å². The highest BCUT2D eigenvalue weighted by molar-refractivity contribution is 7.88. The van der Waals surface area contributed by atoms with Crippen molar-refractivity contribution >= 4 is 33.2 Å². The largest absolute Gasteiger partial charge is 0.325 e. The lowest BCUT2D eigenvalue weighted by atomic mass is 10.1. The van der Waals surface area contributed by atoms with Crippen LogP contribution < -0.4 is 5.32 Å². The van der Waals surface area contributed by atoms with Crippen LogP contribution in [0.5, 0.6) is 0 Å². The number of anilines is 1. The fourth-order valence-corrected chi connectivity index (χ4v) is 3.19. The number of rotatable bonds is 7. The fourth-order valence-electron chi connectivity index (χ4n) is 2.29. The molecule has 0 heterocycles. The molecule has 0 aliphatic heterocycles. The molecule has 0 aliphatic carbocycles. The Morgan fingerprint density at radius 1 is 1.23 bits per heavy atom. The molecular weight excluding hydrogens is 374 g/mol. The molecule has 2 aromatic rings. The Balaban J connectivity index is 2.01. The van der Waals surface area contributed by atoms with Gasteiger partial charge in [-0.2, -0.15) is 9.57 Å². The van der Waals surface area contributed by atoms with Gasteiger partial charge in [-0.25, -0.2) is 8.42 Å². The van der Waals surface area contributed by atoms with Gasteiger partial charge in [0.05, 0.1) is 24.4 Å². The summed E-state index contributed by atoms with van der Waals surface area (Å²) in [6.07, 6.45) is 1.53. The lowest BCUT2D eigenvalue weighted by Gasteiger charge is -2.19. The smallest absolute Gasteiger partial charge is 0.239 e. The van der Waals surface area contributed by atoms with Crippen molar-refractivity contribution in [3.63, 3.8) is 0 Å². The maximum atomic E-state index is 12.2. The van der Waals surface area contributed by atoms with E-state index in [2.05, 4.69) is 5.32 Å². The van der Waals surface area contributed by atoms with Crippen LogP contribution in [0.2, 0.25) is 5.02 Å².